The monoisotopic (exact) mass is 434 g/mol. The van der Waals surface area contributed by atoms with Crippen LogP contribution < -0.4 is 9.62 Å². The van der Waals surface area contributed by atoms with Crippen molar-refractivity contribution in [2.45, 2.75) is 26.1 Å². The first kappa shape index (κ1) is 22.0. The van der Waals surface area contributed by atoms with Gasteiger partial charge in [0.05, 0.1) is 17.5 Å². The van der Waals surface area contributed by atoms with E-state index in [9.17, 15) is 26.4 Å². The average Bonchev–Trinajstić information content (AvgIpc) is 2.56. The predicted octanol–water partition coefficient (Wildman–Crippen LogP) is 4.46. The summed E-state index contributed by atoms with van der Waals surface area (Å²) >= 11 is 5.91. The van der Waals surface area contributed by atoms with Crippen LogP contribution in [0.1, 0.15) is 18.1 Å². The zero-order valence-electron chi connectivity index (χ0n) is 15.2. The molecule has 0 fully saturated rings. The van der Waals surface area contributed by atoms with Crippen LogP contribution >= 0.6 is 11.6 Å². The number of carbonyl (C=O) groups excluding carboxylic acids is 1. The van der Waals surface area contributed by atoms with E-state index in [1.165, 1.54) is 19.1 Å². The lowest BCUT2D eigenvalue weighted by molar-refractivity contribution is -0.137. The van der Waals surface area contributed by atoms with E-state index in [4.69, 9.17) is 11.6 Å². The predicted molar refractivity (Wildman–Crippen MR) is 103 cm³/mol. The number of carbonyl (C=O) groups is 1. The van der Waals surface area contributed by atoms with Gasteiger partial charge in [0.25, 0.3) is 0 Å². The van der Waals surface area contributed by atoms with Gasteiger partial charge in [0.1, 0.15) is 6.04 Å². The van der Waals surface area contributed by atoms with Crippen LogP contribution in [0.4, 0.5) is 24.5 Å². The molecule has 0 aromatic heterocycles. The number of anilines is 2. The Balaban J connectivity index is 2.41. The van der Waals surface area contributed by atoms with Gasteiger partial charge < -0.3 is 5.32 Å². The molecular weight excluding hydrogens is 417 g/mol. The molecule has 0 spiro atoms. The van der Waals surface area contributed by atoms with Crippen molar-refractivity contribution in [2.24, 2.45) is 0 Å². The molecule has 152 valence electrons. The molecule has 28 heavy (non-hydrogen) atoms. The van der Waals surface area contributed by atoms with Crippen molar-refractivity contribution in [3.63, 3.8) is 0 Å². The molecule has 0 radical (unpaired) electrons. The van der Waals surface area contributed by atoms with Gasteiger partial charge in [0, 0.05) is 10.7 Å². The van der Waals surface area contributed by atoms with Gasteiger partial charge in [-0.05, 0) is 49.7 Å². The minimum absolute atomic E-state index is 0.261. The molecule has 1 amide bonds. The molecule has 0 aliphatic rings. The fourth-order valence-corrected chi connectivity index (χ4v) is 3.93. The Morgan fingerprint density at radius 3 is 2.39 bits per heavy atom. The third kappa shape index (κ3) is 5.17. The smallest absolute Gasteiger partial charge is 0.324 e. The van der Waals surface area contributed by atoms with E-state index in [1.54, 1.807) is 19.1 Å². The first-order valence-electron chi connectivity index (χ1n) is 8.04. The van der Waals surface area contributed by atoms with Crippen LogP contribution in [0.15, 0.2) is 42.5 Å². The molecule has 0 saturated carbocycles. The van der Waals surface area contributed by atoms with E-state index in [0.717, 1.165) is 18.4 Å². The maximum atomic E-state index is 13.0. The number of aryl methyl sites for hydroxylation is 1. The van der Waals surface area contributed by atoms with Crippen molar-refractivity contribution < 1.29 is 26.4 Å². The van der Waals surface area contributed by atoms with Gasteiger partial charge in [-0.25, -0.2) is 8.42 Å². The summed E-state index contributed by atoms with van der Waals surface area (Å²) in [6, 6.07) is 7.28. The molecule has 1 N–H and O–H groups in total. The minimum atomic E-state index is -4.65. The molecule has 2 aromatic rings. The van der Waals surface area contributed by atoms with E-state index in [-0.39, 0.29) is 5.69 Å². The summed E-state index contributed by atoms with van der Waals surface area (Å²) in [6.45, 7) is 3.01. The van der Waals surface area contributed by atoms with Gasteiger partial charge in [-0.1, -0.05) is 23.7 Å². The van der Waals surface area contributed by atoms with Crippen LogP contribution in [0, 0.1) is 6.92 Å². The molecule has 5 nitrogen and oxygen atoms in total. The molecule has 10 heteroatoms. The lowest BCUT2D eigenvalue weighted by Crippen LogP contribution is -2.45. The Hall–Kier alpha value is -2.26. The quantitative estimate of drug-likeness (QED) is 0.755. The number of rotatable bonds is 5. The maximum Gasteiger partial charge on any atom is 0.416 e. The molecule has 0 unspecified atom stereocenters. The summed E-state index contributed by atoms with van der Waals surface area (Å²) in [5.74, 6) is -0.715. The van der Waals surface area contributed by atoms with E-state index in [0.29, 0.717) is 26.6 Å². The van der Waals surface area contributed by atoms with Gasteiger partial charge in [-0.2, -0.15) is 13.2 Å². The highest BCUT2D eigenvalue weighted by molar-refractivity contribution is 7.92. The number of benzene rings is 2. The number of sulfonamides is 1. The summed E-state index contributed by atoms with van der Waals surface area (Å²) in [6.07, 6.45) is -3.83. The average molecular weight is 435 g/mol. The highest BCUT2D eigenvalue weighted by atomic mass is 35.5. The van der Waals surface area contributed by atoms with E-state index in [1.807, 2.05) is 0 Å². The fourth-order valence-electron chi connectivity index (χ4n) is 2.59. The molecule has 0 heterocycles. The van der Waals surface area contributed by atoms with Gasteiger partial charge in [-0.3, -0.25) is 9.10 Å². The number of nitrogens with zero attached hydrogens (tertiary/aromatic N) is 1. The number of hydrogen-bond acceptors (Lipinski definition) is 3. The van der Waals surface area contributed by atoms with Crippen LogP contribution in [0.3, 0.4) is 0 Å². The second kappa shape index (κ2) is 8.00. The molecule has 2 aromatic carbocycles. The van der Waals surface area contributed by atoms with Crippen molar-refractivity contribution in [1.82, 2.24) is 0 Å². The lowest BCUT2D eigenvalue weighted by atomic mass is 10.1. The van der Waals surface area contributed by atoms with Crippen LogP contribution in [0.5, 0.6) is 0 Å². The van der Waals surface area contributed by atoms with Crippen molar-refractivity contribution >= 4 is 38.9 Å². The highest BCUT2D eigenvalue weighted by Gasteiger charge is 2.34. The van der Waals surface area contributed by atoms with Gasteiger partial charge in [0.2, 0.25) is 15.9 Å². The van der Waals surface area contributed by atoms with Crippen molar-refractivity contribution in [3.05, 3.63) is 58.6 Å². The Labute approximate surface area is 166 Å². The normalized spacial score (nSPS) is 13.1. The molecule has 0 aliphatic heterocycles. The third-order valence-electron chi connectivity index (χ3n) is 3.97. The molecular formula is C18H18ClF3N2O3S. The summed E-state index contributed by atoms with van der Waals surface area (Å²) < 4.78 is 64.2. The second-order valence-electron chi connectivity index (χ2n) is 6.23. The highest BCUT2D eigenvalue weighted by Crippen LogP contribution is 2.33. The Morgan fingerprint density at radius 1 is 1.18 bits per heavy atom. The van der Waals surface area contributed by atoms with E-state index < -0.39 is 33.7 Å². The largest absolute Gasteiger partial charge is 0.416 e. The van der Waals surface area contributed by atoms with Crippen LogP contribution in [0.25, 0.3) is 0 Å². The van der Waals surface area contributed by atoms with E-state index >= 15 is 0 Å². The number of halogens is 4. The summed E-state index contributed by atoms with van der Waals surface area (Å²) in [5, 5.41) is 2.93. The number of nitrogens with one attached hydrogen (secondary N) is 1. The Bertz CT molecular complexity index is 994. The van der Waals surface area contributed by atoms with Gasteiger partial charge in [-0.15, -0.1) is 0 Å². The van der Waals surface area contributed by atoms with Gasteiger partial charge in [0.15, 0.2) is 0 Å². The molecule has 1 atom stereocenters. The Morgan fingerprint density at radius 2 is 1.82 bits per heavy atom. The zero-order chi connectivity index (χ0) is 21.3. The maximum absolute atomic E-state index is 13.0. The topological polar surface area (TPSA) is 66.5 Å². The lowest BCUT2D eigenvalue weighted by Gasteiger charge is -2.29. The molecule has 0 aliphatic carbocycles. The molecule has 0 saturated heterocycles. The standard InChI is InChI=1S/C18H18ClF3N2O3S/c1-11-7-8-14(19)10-16(11)23-17(25)12(2)24(28(3,26)27)15-6-4-5-13(9-15)18(20,21)22/h4-10,12H,1-3H3,(H,23,25)/t12-/m0/s1. The summed E-state index contributed by atoms with van der Waals surface area (Å²) in [4.78, 5) is 12.6. The second-order valence-corrected chi connectivity index (χ2v) is 8.53. The zero-order valence-corrected chi connectivity index (χ0v) is 16.8. The Kier molecular flexibility index (Phi) is 6.30. The number of hydrogen-bond donors (Lipinski definition) is 1. The van der Waals surface area contributed by atoms with E-state index in [2.05, 4.69) is 5.32 Å². The number of alkyl halides is 3. The summed E-state index contributed by atoms with van der Waals surface area (Å²) in [5.41, 5.74) is -0.212. The van der Waals surface area contributed by atoms with Crippen molar-refractivity contribution in [1.29, 1.82) is 0 Å². The molecule has 0 bridgehead atoms. The first-order chi connectivity index (χ1) is 12.8. The van der Waals surface area contributed by atoms with Gasteiger partial charge >= 0.3 is 6.18 Å². The van der Waals surface area contributed by atoms with Crippen LogP contribution in [0.2, 0.25) is 5.02 Å². The third-order valence-corrected chi connectivity index (χ3v) is 5.45. The van der Waals surface area contributed by atoms with Crippen molar-refractivity contribution in [3.8, 4) is 0 Å². The summed E-state index contributed by atoms with van der Waals surface area (Å²) in [7, 11) is -4.06. The fraction of sp³-hybridized carbons (Fsp3) is 0.278. The first-order valence-corrected chi connectivity index (χ1v) is 10.3. The van der Waals surface area contributed by atoms with Crippen LogP contribution in [-0.4, -0.2) is 26.6 Å². The van der Waals surface area contributed by atoms with Crippen LogP contribution in [-0.2, 0) is 21.0 Å². The molecule has 2 rings (SSSR count). The number of amides is 1. The van der Waals surface area contributed by atoms with Crippen molar-refractivity contribution in [2.75, 3.05) is 15.9 Å². The minimum Gasteiger partial charge on any atom is -0.324 e. The SMILES string of the molecule is Cc1ccc(Cl)cc1NC(=O)[C@H](C)N(c1cccc(C(F)(F)F)c1)S(C)(=O)=O.